The molecule has 78 valence electrons. The molecular weight excluding hydrogens is 200 g/mol. The molecule has 0 heterocycles. The molecule has 1 atom stereocenters. The Morgan fingerprint density at radius 1 is 1.29 bits per heavy atom. The van der Waals surface area contributed by atoms with Crippen LogP contribution in [0.1, 0.15) is 18.4 Å². The number of aromatic hydroxyl groups is 1. The van der Waals surface area contributed by atoms with Gasteiger partial charge >= 0.3 is 0 Å². The molecule has 3 nitrogen and oxygen atoms in total. The van der Waals surface area contributed by atoms with Gasteiger partial charge in [0, 0.05) is 6.26 Å². The molecule has 1 aromatic rings. The number of hydrogen-bond donors (Lipinski definition) is 1. The van der Waals surface area contributed by atoms with Crippen molar-refractivity contribution in [3.05, 3.63) is 29.8 Å². The van der Waals surface area contributed by atoms with Crippen LogP contribution in [-0.2, 0) is 9.84 Å². The molecule has 0 fully saturated rings. The molecule has 1 rings (SSSR count). The normalized spacial score (nSPS) is 13.9. The van der Waals surface area contributed by atoms with E-state index >= 15 is 0 Å². The largest absolute Gasteiger partial charge is 0.508 e. The molecule has 1 N–H and O–H groups in total. The van der Waals surface area contributed by atoms with Crippen LogP contribution in [0.4, 0.5) is 0 Å². The quantitative estimate of drug-likeness (QED) is 0.830. The maximum absolute atomic E-state index is 11.0. The van der Waals surface area contributed by atoms with Gasteiger partial charge in [-0.15, -0.1) is 0 Å². The summed E-state index contributed by atoms with van der Waals surface area (Å²) in [4.78, 5) is 0. The first-order valence-corrected chi connectivity index (χ1v) is 6.41. The number of hydrogen-bond acceptors (Lipinski definition) is 3. The number of phenols is 1. The lowest BCUT2D eigenvalue weighted by atomic mass is 10.0. The van der Waals surface area contributed by atoms with Gasteiger partial charge in [-0.2, -0.15) is 0 Å². The maximum Gasteiger partial charge on any atom is 0.148 e. The van der Waals surface area contributed by atoms with Gasteiger partial charge in [0.15, 0.2) is 0 Å². The SMILES string of the molecule is CC(CS(C)(=O)=O)c1ccc(O)cc1. The summed E-state index contributed by atoms with van der Waals surface area (Å²) in [6.07, 6.45) is 1.23. The highest BCUT2D eigenvalue weighted by atomic mass is 32.2. The first-order chi connectivity index (χ1) is 6.38. The predicted octanol–water partition coefficient (Wildman–Crippen LogP) is 1.54. The maximum atomic E-state index is 11.0. The molecule has 1 unspecified atom stereocenters. The van der Waals surface area contributed by atoms with Gasteiger partial charge in [0.25, 0.3) is 0 Å². The van der Waals surface area contributed by atoms with Crippen molar-refractivity contribution in [3.63, 3.8) is 0 Å². The summed E-state index contributed by atoms with van der Waals surface area (Å²) in [6, 6.07) is 6.61. The Kier molecular flexibility index (Phi) is 3.16. The van der Waals surface area contributed by atoms with Gasteiger partial charge in [-0.25, -0.2) is 8.42 Å². The molecule has 0 saturated carbocycles. The Bertz CT molecular complexity index is 392. The van der Waals surface area contributed by atoms with Gasteiger partial charge in [0.1, 0.15) is 15.6 Å². The van der Waals surface area contributed by atoms with E-state index in [-0.39, 0.29) is 17.4 Å². The zero-order valence-corrected chi connectivity index (χ0v) is 9.08. The minimum Gasteiger partial charge on any atom is -0.508 e. The highest BCUT2D eigenvalue weighted by Crippen LogP contribution is 2.19. The van der Waals surface area contributed by atoms with E-state index in [2.05, 4.69) is 0 Å². The van der Waals surface area contributed by atoms with E-state index in [0.717, 1.165) is 5.56 Å². The average molecular weight is 214 g/mol. The van der Waals surface area contributed by atoms with Gasteiger partial charge in [-0.3, -0.25) is 0 Å². The molecular formula is C10H14O3S. The summed E-state index contributed by atoms with van der Waals surface area (Å²) < 4.78 is 22.1. The third kappa shape index (κ3) is 3.38. The van der Waals surface area contributed by atoms with Crippen molar-refractivity contribution in [2.45, 2.75) is 12.8 Å². The Labute approximate surface area is 84.3 Å². The second-order valence-corrected chi connectivity index (χ2v) is 5.77. The zero-order valence-electron chi connectivity index (χ0n) is 8.27. The van der Waals surface area contributed by atoms with Crippen LogP contribution in [0.2, 0.25) is 0 Å². The monoisotopic (exact) mass is 214 g/mol. The minimum atomic E-state index is -2.94. The Hall–Kier alpha value is -1.03. The smallest absolute Gasteiger partial charge is 0.148 e. The fourth-order valence-corrected chi connectivity index (χ4v) is 2.45. The van der Waals surface area contributed by atoms with Crippen LogP contribution in [0.5, 0.6) is 5.75 Å². The van der Waals surface area contributed by atoms with Crippen molar-refractivity contribution >= 4 is 9.84 Å². The van der Waals surface area contributed by atoms with Crippen LogP contribution < -0.4 is 0 Å². The first kappa shape index (κ1) is 11.0. The lowest BCUT2D eigenvalue weighted by Gasteiger charge is -2.10. The second kappa shape index (κ2) is 4.00. The van der Waals surface area contributed by atoms with Crippen molar-refractivity contribution in [1.29, 1.82) is 0 Å². The molecule has 0 aliphatic rings. The fourth-order valence-electron chi connectivity index (χ4n) is 1.35. The molecule has 0 bridgehead atoms. The highest BCUT2D eigenvalue weighted by molar-refractivity contribution is 7.90. The lowest BCUT2D eigenvalue weighted by Crippen LogP contribution is -2.10. The summed E-state index contributed by atoms with van der Waals surface area (Å²) in [5.74, 6) is 0.295. The van der Waals surface area contributed by atoms with Crippen molar-refractivity contribution in [2.24, 2.45) is 0 Å². The molecule has 4 heteroatoms. The van der Waals surface area contributed by atoms with Gasteiger partial charge in [-0.05, 0) is 23.6 Å². The Balaban J connectivity index is 2.80. The molecule has 0 spiro atoms. The predicted molar refractivity (Wildman–Crippen MR) is 56.2 cm³/mol. The molecule has 0 amide bonds. The Morgan fingerprint density at radius 2 is 1.79 bits per heavy atom. The van der Waals surface area contributed by atoms with Gasteiger partial charge in [0.2, 0.25) is 0 Å². The van der Waals surface area contributed by atoms with Gasteiger partial charge in [-0.1, -0.05) is 19.1 Å². The number of rotatable bonds is 3. The molecule has 14 heavy (non-hydrogen) atoms. The molecule has 0 saturated heterocycles. The van der Waals surface area contributed by atoms with E-state index in [1.165, 1.54) is 6.26 Å². The van der Waals surface area contributed by atoms with Crippen LogP contribution in [0.15, 0.2) is 24.3 Å². The van der Waals surface area contributed by atoms with E-state index in [1.54, 1.807) is 24.3 Å². The zero-order chi connectivity index (χ0) is 10.8. The topological polar surface area (TPSA) is 54.4 Å². The standard InChI is InChI=1S/C10H14O3S/c1-8(7-14(2,12)13)9-3-5-10(11)6-4-9/h3-6,8,11H,7H2,1-2H3. The molecule has 0 aliphatic carbocycles. The van der Waals surface area contributed by atoms with E-state index in [1.807, 2.05) is 6.92 Å². The molecule has 0 aliphatic heterocycles. The number of benzene rings is 1. The van der Waals surface area contributed by atoms with E-state index in [9.17, 15) is 8.42 Å². The fraction of sp³-hybridized carbons (Fsp3) is 0.400. The van der Waals surface area contributed by atoms with Crippen LogP contribution >= 0.6 is 0 Å². The molecule has 0 aromatic heterocycles. The van der Waals surface area contributed by atoms with Crippen LogP contribution in [0, 0.1) is 0 Å². The second-order valence-electron chi connectivity index (χ2n) is 3.58. The van der Waals surface area contributed by atoms with Crippen molar-refractivity contribution in [1.82, 2.24) is 0 Å². The summed E-state index contributed by atoms with van der Waals surface area (Å²) in [5.41, 5.74) is 0.924. The minimum absolute atomic E-state index is 0.0365. The van der Waals surface area contributed by atoms with E-state index in [4.69, 9.17) is 5.11 Å². The summed E-state index contributed by atoms with van der Waals surface area (Å²) in [6.45, 7) is 1.85. The Morgan fingerprint density at radius 3 is 2.21 bits per heavy atom. The lowest BCUT2D eigenvalue weighted by molar-refractivity contribution is 0.475. The van der Waals surface area contributed by atoms with Crippen LogP contribution in [0.3, 0.4) is 0 Å². The van der Waals surface area contributed by atoms with E-state index < -0.39 is 9.84 Å². The molecule has 1 aromatic carbocycles. The van der Waals surface area contributed by atoms with E-state index in [0.29, 0.717) is 0 Å². The van der Waals surface area contributed by atoms with Crippen LogP contribution in [0.25, 0.3) is 0 Å². The third-order valence-electron chi connectivity index (χ3n) is 2.01. The number of sulfone groups is 1. The average Bonchev–Trinajstić information content (AvgIpc) is 2.02. The van der Waals surface area contributed by atoms with Crippen molar-refractivity contribution in [3.8, 4) is 5.75 Å². The third-order valence-corrected chi connectivity index (χ3v) is 3.12. The van der Waals surface area contributed by atoms with Gasteiger partial charge in [0.05, 0.1) is 5.75 Å². The summed E-state index contributed by atoms with van der Waals surface area (Å²) >= 11 is 0. The number of phenolic OH excluding ortho intramolecular Hbond substituents is 1. The first-order valence-electron chi connectivity index (χ1n) is 4.35. The summed E-state index contributed by atoms with van der Waals surface area (Å²) in [7, 11) is -2.94. The van der Waals surface area contributed by atoms with Crippen LogP contribution in [-0.4, -0.2) is 25.5 Å². The van der Waals surface area contributed by atoms with Crippen molar-refractivity contribution < 1.29 is 13.5 Å². The molecule has 0 radical (unpaired) electrons. The highest BCUT2D eigenvalue weighted by Gasteiger charge is 2.12. The summed E-state index contributed by atoms with van der Waals surface area (Å²) in [5, 5.41) is 9.05. The van der Waals surface area contributed by atoms with Gasteiger partial charge < -0.3 is 5.11 Å². The van der Waals surface area contributed by atoms with Crippen molar-refractivity contribution in [2.75, 3.05) is 12.0 Å².